The van der Waals surface area contributed by atoms with E-state index in [0.29, 0.717) is 5.75 Å². The summed E-state index contributed by atoms with van der Waals surface area (Å²) in [5, 5.41) is 5.63. The number of rotatable bonds is 3. The minimum absolute atomic E-state index is 0.454. The van der Waals surface area contributed by atoms with Gasteiger partial charge in [-0.05, 0) is 38.0 Å². The monoisotopic (exact) mass is 222 g/mol. The number of benzene rings is 1. The maximum absolute atomic E-state index is 11.2. The molecule has 0 heterocycles. The van der Waals surface area contributed by atoms with Gasteiger partial charge in [0.05, 0.1) is 5.69 Å². The molecule has 0 fully saturated rings. The second kappa shape index (κ2) is 5.39. The molecule has 0 aliphatic heterocycles. The van der Waals surface area contributed by atoms with E-state index in [0.717, 1.165) is 23.4 Å². The molecule has 1 aromatic carbocycles. The third kappa shape index (κ3) is 2.89. The molecule has 0 aliphatic rings. The van der Waals surface area contributed by atoms with Crippen molar-refractivity contribution in [2.75, 3.05) is 18.9 Å². The minimum Gasteiger partial charge on any atom is -0.408 e. The van der Waals surface area contributed by atoms with Crippen LogP contribution in [0, 0.1) is 13.8 Å². The van der Waals surface area contributed by atoms with Crippen LogP contribution < -0.4 is 15.4 Å². The third-order valence-electron chi connectivity index (χ3n) is 2.20. The van der Waals surface area contributed by atoms with Crippen LogP contribution in [0.25, 0.3) is 0 Å². The standard InChI is InChI=1S/C12H18N2O2/c1-5-14-11-9(3)6-8(2)7-10(11)16-12(15)13-4/h6-7,14H,5H2,1-4H3,(H,13,15). The average molecular weight is 222 g/mol. The van der Waals surface area contributed by atoms with Gasteiger partial charge in [0, 0.05) is 13.6 Å². The number of amides is 1. The van der Waals surface area contributed by atoms with Crippen molar-refractivity contribution in [1.29, 1.82) is 0 Å². The van der Waals surface area contributed by atoms with Crippen molar-refractivity contribution in [2.24, 2.45) is 0 Å². The molecule has 0 saturated carbocycles. The number of carbonyl (C=O) groups is 1. The molecular weight excluding hydrogens is 204 g/mol. The SMILES string of the molecule is CCNc1c(C)cc(C)cc1OC(=O)NC. The molecule has 4 heteroatoms. The Balaban J connectivity index is 3.08. The second-order valence-electron chi connectivity index (χ2n) is 3.62. The first-order valence-electron chi connectivity index (χ1n) is 5.33. The smallest absolute Gasteiger partial charge is 0.408 e. The molecule has 0 aliphatic carbocycles. The molecule has 1 amide bonds. The summed E-state index contributed by atoms with van der Waals surface area (Å²) in [6, 6.07) is 3.90. The predicted molar refractivity (Wildman–Crippen MR) is 65.2 cm³/mol. The van der Waals surface area contributed by atoms with Gasteiger partial charge in [0.1, 0.15) is 0 Å². The fourth-order valence-corrected chi connectivity index (χ4v) is 1.56. The van der Waals surface area contributed by atoms with Gasteiger partial charge in [-0.1, -0.05) is 6.07 Å². The van der Waals surface area contributed by atoms with Crippen molar-refractivity contribution in [2.45, 2.75) is 20.8 Å². The number of hydrogen-bond acceptors (Lipinski definition) is 3. The van der Waals surface area contributed by atoms with Crippen LogP contribution in [-0.4, -0.2) is 19.7 Å². The Hall–Kier alpha value is -1.71. The summed E-state index contributed by atoms with van der Waals surface area (Å²) in [6.45, 7) is 6.75. The Morgan fingerprint density at radius 2 is 2.06 bits per heavy atom. The molecule has 0 spiro atoms. The first-order valence-corrected chi connectivity index (χ1v) is 5.33. The van der Waals surface area contributed by atoms with Gasteiger partial charge in [0.2, 0.25) is 0 Å². The Morgan fingerprint density at radius 3 is 2.62 bits per heavy atom. The molecule has 0 saturated heterocycles. The van der Waals surface area contributed by atoms with E-state index >= 15 is 0 Å². The molecule has 4 nitrogen and oxygen atoms in total. The third-order valence-corrected chi connectivity index (χ3v) is 2.20. The van der Waals surface area contributed by atoms with Gasteiger partial charge in [-0.25, -0.2) is 4.79 Å². The summed E-state index contributed by atoms with van der Waals surface area (Å²) >= 11 is 0. The van der Waals surface area contributed by atoms with Crippen LogP contribution in [0.15, 0.2) is 12.1 Å². The van der Waals surface area contributed by atoms with Crippen LogP contribution in [0.1, 0.15) is 18.1 Å². The predicted octanol–water partition coefficient (Wildman–Crippen LogP) is 2.45. The zero-order valence-electron chi connectivity index (χ0n) is 10.2. The lowest BCUT2D eigenvalue weighted by atomic mass is 10.1. The van der Waals surface area contributed by atoms with E-state index in [9.17, 15) is 4.79 Å². The first-order chi connectivity index (χ1) is 7.58. The van der Waals surface area contributed by atoms with Gasteiger partial charge in [-0.2, -0.15) is 0 Å². The Kier molecular flexibility index (Phi) is 4.17. The van der Waals surface area contributed by atoms with Crippen LogP contribution in [0.2, 0.25) is 0 Å². The van der Waals surface area contributed by atoms with Gasteiger partial charge >= 0.3 is 6.09 Å². The number of hydrogen-bond donors (Lipinski definition) is 2. The highest BCUT2D eigenvalue weighted by Gasteiger charge is 2.10. The maximum Gasteiger partial charge on any atom is 0.412 e. The number of carbonyl (C=O) groups excluding carboxylic acids is 1. The van der Waals surface area contributed by atoms with Gasteiger partial charge in [0.25, 0.3) is 0 Å². The number of nitrogens with one attached hydrogen (secondary N) is 2. The lowest BCUT2D eigenvalue weighted by molar-refractivity contribution is 0.203. The van der Waals surface area contributed by atoms with E-state index in [1.54, 1.807) is 0 Å². The molecular formula is C12H18N2O2. The number of anilines is 1. The molecule has 0 unspecified atom stereocenters. The molecule has 0 atom stereocenters. The van der Waals surface area contributed by atoms with Crippen LogP contribution in [0.5, 0.6) is 5.75 Å². The highest BCUT2D eigenvalue weighted by atomic mass is 16.6. The lowest BCUT2D eigenvalue weighted by Crippen LogP contribution is -2.22. The summed E-state index contributed by atoms with van der Waals surface area (Å²) in [4.78, 5) is 11.2. The highest BCUT2D eigenvalue weighted by molar-refractivity contribution is 5.74. The van der Waals surface area contributed by atoms with Crippen molar-refractivity contribution in [3.63, 3.8) is 0 Å². The van der Waals surface area contributed by atoms with Gasteiger partial charge in [-0.15, -0.1) is 0 Å². The Labute approximate surface area is 96.0 Å². The van der Waals surface area contributed by atoms with E-state index in [4.69, 9.17) is 4.74 Å². The van der Waals surface area contributed by atoms with Crippen molar-refractivity contribution in [3.8, 4) is 5.75 Å². The molecule has 0 bridgehead atoms. The number of ether oxygens (including phenoxy) is 1. The second-order valence-corrected chi connectivity index (χ2v) is 3.62. The quantitative estimate of drug-likeness (QED) is 0.826. The summed E-state index contributed by atoms with van der Waals surface area (Å²) in [5.41, 5.74) is 3.01. The molecule has 88 valence electrons. The minimum atomic E-state index is -0.454. The molecule has 16 heavy (non-hydrogen) atoms. The molecule has 0 radical (unpaired) electrons. The normalized spacial score (nSPS) is 9.75. The van der Waals surface area contributed by atoms with E-state index in [1.165, 1.54) is 7.05 Å². The van der Waals surface area contributed by atoms with E-state index < -0.39 is 6.09 Å². The summed E-state index contributed by atoms with van der Waals surface area (Å²) in [7, 11) is 1.54. The fraction of sp³-hybridized carbons (Fsp3) is 0.417. The van der Waals surface area contributed by atoms with Crippen LogP contribution in [0.3, 0.4) is 0 Å². The summed E-state index contributed by atoms with van der Waals surface area (Å²) in [5.74, 6) is 0.568. The molecule has 1 rings (SSSR count). The van der Waals surface area contributed by atoms with Crippen molar-refractivity contribution >= 4 is 11.8 Å². The van der Waals surface area contributed by atoms with Gasteiger partial charge in [-0.3, -0.25) is 0 Å². The lowest BCUT2D eigenvalue weighted by Gasteiger charge is -2.14. The van der Waals surface area contributed by atoms with E-state index in [1.807, 2.05) is 26.8 Å². The van der Waals surface area contributed by atoms with Crippen LogP contribution in [-0.2, 0) is 0 Å². The van der Waals surface area contributed by atoms with Crippen molar-refractivity contribution in [1.82, 2.24) is 5.32 Å². The zero-order chi connectivity index (χ0) is 12.1. The largest absolute Gasteiger partial charge is 0.412 e. The van der Waals surface area contributed by atoms with Gasteiger partial charge in [0.15, 0.2) is 5.75 Å². The van der Waals surface area contributed by atoms with Gasteiger partial charge < -0.3 is 15.4 Å². The van der Waals surface area contributed by atoms with Crippen molar-refractivity contribution < 1.29 is 9.53 Å². The van der Waals surface area contributed by atoms with Crippen LogP contribution in [0.4, 0.5) is 10.5 Å². The molecule has 0 aromatic heterocycles. The summed E-state index contributed by atoms with van der Waals surface area (Å²) in [6.07, 6.45) is -0.454. The zero-order valence-corrected chi connectivity index (χ0v) is 10.2. The van der Waals surface area contributed by atoms with E-state index in [-0.39, 0.29) is 0 Å². The van der Waals surface area contributed by atoms with Crippen LogP contribution >= 0.6 is 0 Å². The fourth-order valence-electron chi connectivity index (χ4n) is 1.56. The topological polar surface area (TPSA) is 50.4 Å². The van der Waals surface area contributed by atoms with E-state index in [2.05, 4.69) is 16.7 Å². The average Bonchev–Trinajstić information content (AvgIpc) is 2.23. The summed E-state index contributed by atoms with van der Waals surface area (Å²) < 4.78 is 5.20. The Bertz CT molecular complexity index is 389. The Morgan fingerprint density at radius 1 is 1.38 bits per heavy atom. The highest BCUT2D eigenvalue weighted by Crippen LogP contribution is 2.29. The molecule has 2 N–H and O–H groups in total. The maximum atomic E-state index is 11.2. The molecule has 1 aromatic rings. The first kappa shape index (κ1) is 12.4. The van der Waals surface area contributed by atoms with Crippen molar-refractivity contribution in [3.05, 3.63) is 23.3 Å². The number of aryl methyl sites for hydroxylation is 2.